The number of nitrogens with zero attached hydrogens (tertiary/aromatic N) is 1. The Morgan fingerprint density at radius 2 is 0.818 bits per heavy atom. The molecule has 1 heterocycles. The van der Waals surface area contributed by atoms with E-state index in [1.807, 2.05) is 0 Å². The van der Waals surface area contributed by atoms with Crippen molar-refractivity contribution in [1.29, 1.82) is 0 Å². The molecule has 0 atom stereocenters. The van der Waals surface area contributed by atoms with Crippen molar-refractivity contribution in [2.24, 2.45) is 0 Å². The van der Waals surface area contributed by atoms with Crippen LogP contribution in [0.4, 0.5) is 0 Å². The van der Waals surface area contributed by atoms with Gasteiger partial charge >= 0.3 is 0 Å². The number of imide groups is 1. The molecule has 0 N–H and O–H groups in total. The van der Waals surface area contributed by atoms with Gasteiger partial charge in [-0.3, -0.25) is 9.59 Å². The van der Waals surface area contributed by atoms with E-state index >= 15 is 0 Å². The van der Waals surface area contributed by atoms with Gasteiger partial charge in [0.25, 0.3) is 0 Å². The van der Waals surface area contributed by atoms with E-state index in [1.165, 1.54) is 65.3 Å². The van der Waals surface area contributed by atoms with Crippen LogP contribution in [0.25, 0.3) is 43.1 Å². The topological polar surface area (TPSA) is 37.4 Å². The van der Waals surface area contributed by atoms with Crippen molar-refractivity contribution in [1.82, 2.24) is 3.93 Å². The second kappa shape index (κ2) is 15.8. The number of hydrogen-bond donors (Lipinski definition) is 0. The zero-order chi connectivity index (χ0) is 29.8. The van der Waals surface area contributed by atoms with E-state index in [4.69, 9.17) is 0 Å². The molecule has 6 aromatic rings. The molecule has 1 aliphatic heterocycles. The maximum Gasteiger partial charge on any atom is 0.239 e. The van der Waals surface area contributed by atoms with Gasteiger partial charge in [0.1, 0.15) is 0 Å². The van der Waals surface area contributed by atoms with E-state index in [9.17, 15) is 9.59 Å². The van der Waals surface area contributed by atoms with E-state index < -0.39 is 0 Å². The van der Waals surface area contributed by atoms with Crippen LogP contribution >= 0.6 is 48.0 Å². The molecule has 44 heavy (non-hydrogen) atoms. The largest absolute Gasteiger partial charge is 0.274 e. The van der Waals surface area contributed by atoms with Crippen LogP contribution in [0.1, 0.15) is 49.9 Å². The second-order valence-corrected chi connectivity index (χ2v) is 12.4. The standard InChI is InChI=1S/C16H12Br2.C16H14.C4H4BrNO2.2CH4/c17-9-11-1-3-13-7-16-6-12(10-18)2-4-14(16)8-15(13)5-11;1-11-3-5-13-10-16-8-12(2)4-6-14(16)9-15(13)7-11;5-6-3(7)1-2-4(6)8;;/h1-8H,9-10H2;3-10H,1-2H3;1-2H2;2*1H4. The van der Waals surface area contributed by atoms with Crippen LogP contribution in [-0.4, -0.2) is 15.7 Å². The fourth-order valence-electron chi connectivity index (χ4n) is 5.05. The van der Waals surface area contributed by atoms with Crippen molar-refractivity contribution >= 4 is 103 Å². The molecule has 0 aromatic heterocycles. The summed E-state index contributed by atoms with van der Waals surface area (Å²) in [6.07, 6.45) is 0.703. The van der Waals surface area contributed by atoms with E-state index in [1.54, 1.807) is 0 Å². The minimum atomic E-state index is -0.144. The molecule has 6 heteroatoms. The summed E-state index contributed by atoms with van der Waals surface area (Å²) in [4.78, 5) is 20.9. The van der Waals surface area contributed by atoms with Crippen LogP contribution in [0.2, 0.25) is 0 Å². The predicted octanol–water partition coefficient (Wildman–Crippen LogP) is 12.1. The highest BCUT2D eigenvalue weighted by Gasteiger charge is 2.26. The van der Waals surface area contributed by atoms with Crippen molar-refractivity contribution in [3.8, 4) is 0 Å². The number of carbonyl (C=O) groups is 2. The van der Waals surface area contributed by atoms with Gasteiger partial charge in [0.15, 0.2) is 0 Å². The smallest absolute Gasteiger partial charge is 0.239 e. The first-order chi connectivity index (χ1) is 20.2. The predicted molar refractivity (Wildman–Crippen MR) is 201 cm³/mol. The number of alkyl halides is 2. The van der Waals surface area contributed by atoms with Gasteiger partial charge in [-0.25, -0.2) is 3.93 Å². The molecule has 0 radical (unpaired) electrons. The van der Waals surface area contributed by atoms with Crippen LogP contribution in [0.3, 0.4) is 0 Å². The van der Waals surface area contributed by atoms with Crippen molar-refractivity contribution in [3.05, 3.63) is 119 Å². The highest BCUT2D eigenvalue weighted by Crippen LogP contribution is 2.27. The molecule has 0 unspecified atom stereocenters. The molecule has 7 rings (SSSR count). The summed E-state index contributed by atoms with van der Waals surface area (Å²) in [6, 6.07) is 35.6. The van der Waals surface area contributed by atoms with Gasteiger partial charge in [0, 0.05) is 23.5 Å². The zero-order valence-electron chi connectivity index (χ0n) is 23.5. The highest BCUT2D eigenvalue weighted by atomic mass is 79.9. The van der Waals surface area contributed by atoms with Gasteiger partial charge in [0.05, 0.1) is 16.1 Å². The third-order valence-electron chi connectivity index (χ3n) is 7.33. The lowest BCUT2D eigenvalue weighted by atomic mass is 10.0. The molecule has 1 aliphatic rings. The third-order valence-corrected chi connectivity index (χ3v) is 9.42. The Morgan fingerprint density at radius 3 is 1.11 bits per heavy atom. The molecule has 3 nitrogen and oxygen atoms in total. The molecule has 2 amide bonds. The van der Waals surface area contributed by atoms with Crippen molar-refractivity contribution in [3.63, 3.8) is 0 Å². The normalized spacial score (nSPS) is 12.3. The molecule has 228 valence electrons. The van der Waals surface area contributed by atoms with Crippen LogP contribution in [0.5, 0.6) is 0 Å². The van der Waals surface area contributed by atoms with E-state index in [0.29, 0.717) is 12.8 Å². The molecule has 0 saturated carbocycles. The van der Waals surface area contributed by atoms with Gasteiger partial charge in [-0.15, -0.1) is 0 Å². The first kappa shape index (κ1) is 35.4. The van der Waals surface area contributed by atoms with Crippen molar-refractivity contribution in [2.45, 2.75) is 52.2 Å². The third kappa shape index (κ3) is 8.35. The first-order valence-electron chi connectivity index (χ1n) is 13.7. The van der Waals surface area contributed by atoms with Crippen LogP contribution in [-0.2, 0) is 20.2 Å². The quantitative estimate of drug-likeness (QED) is 0.0760. The summed E-state index contributed by atoms with van der Waals surface area (Å²) >= 11 is 9.82. The first-order valence-corrected chi connectivity index (χ1v) is 16.7. The van der Waals surface area contributed by atoms with E-state index in [-0.39, 0.29) is 26.7 Å². The second-order valence-electron chi connectivity index (χ2n) is 10.6. The Labute approximate surface area is 286 Å². The Bertz CT molecular complexity index is 1810. The molecule has 6 aromatic carbocycles. The average Bonchev–Trinajstić information content (AvgIpc) is 3.29. The zero-order valence-corrected chi connectivity index (χ0v) is 28.2. The lowest BCUT2D eigenvalue weighted by Gasteiger charge is -2.05. The lowest BCUT2D eigenvalue weighted by molar-refractivity contribution is -0.131. The SMILES string of the molecule is BrCc1ccc2cc3cc(CBr)ccc3cc2c1.C.C.Cc1ccc2cc3cc(C)ccc3cc2c1.O=C1CCC(=O)N1Br. The minimum absolute atomic E-state index is 0. The monoisotopic (exact) mass is 777 g/mol. The summed E-state index contributed by atoms with van der Waals surface area (Å²) in [5, 5.41) is 12.3. The number of fused-ring (bicyclic) bond motifs is 4. The maximum absolute atomic E-state index is 10.4. The molecule has 1 fully saturated rings. The van der Waals surface area contributed by atoms with Crippen LogP contribution in [0, 0.1) is 13.8 Å². The molecule has 0 spiro atoms. The molecular formula is C38H38Br3NO2. The Kier molecular flexibility index (Phi) is 12.7. The Balaban J connectivity index is 0.000000188. The number of rotatable bonds is 2. The number of carbonyl (C=O) groups excluding carboxylic acids is 2. The maximum atomic E-state index is 10.4. The lowest BCUT2D eigenvalue weighted by Crippen LogP contribution is -2.16. The number of aryl methyl sites for hydroxylation is 2. The fraction of sp³-hybridized carbons (Fsp3) is 0.211. The summed E-state index contributed by atoms with van der Waals surface area (Å²) in [5.41, 5.74) is 5.27. The summed E-state index contributed by atoms with van der Waals surface area (Å²) < 4.78 is 0.979. The number of hydrogen-bond acceptors (Lipinski definition) is 2. The van der Waals surface area contributed by atoms with Crippen LogP contribution < -0.4 is 0 Å². The minimum Gasteiger partial charge on any atom is -0.274 e. The van der Waals surface area contributed by atoms with Gasteiger partial charge in [-0.2, -0.15) is 0 Å². The van der Waals surface area contributed by atoms with Gasteiger partial charge in [-0.05, 0) is 92.3 Å². The summed E-state index contributed by atoms with van der Waals surface area (Å²) in [6.45, 7) is 4.28. The summed E-state index contributed by atoms with van der Waals surface area (Å²) in [5.74, 6) is -0.287. The van der Waals surface area contributed by atoms with Crippen molar-refractivity contribution in [2.75, 3.05) is 0 Å². The van der Waals surface area contributed by atoms with Crippen molar-refractivity contribution < 1.29 is 9.59 Å². The average molecular weight is 780 g/mol. The van der Waals surface area contributed by atoms with E-state index in [2.05, 4.69) is 159 Å². The molecule has 0 aliphatic carbocycles. The molecular weight excluding hydrogens is 742 g/mol. The fourth-order valence-corrected chi connectivity index (χ4v) is 6.10. The van der Waals surface area contributed by atoms with Gasteiger partial charge in [0.2, 0.25) is 11.8 Å². The van der Waals surface area contributed by atoms with Crippen LogP contribution in [0.15, 0.2) is 97.1 Å². The molecule has 0 bridgehead atoms. The summed E-state index contributed by atoms with van der Waals surface area (Å²) in [7, 11) is 0. The number of amides is 2. The number of benzene rings is 6. The highest BCUT2D eigenvalue weighted by molar-refractivity contribution is 9.09. The van der Waals surface area contributed by atoms with Gasteiger partial charge in [-0.1, -0.05) is 131 Å². The van der Waals surface area contributed by atoms with E-state index in [0.717, 1.165) is 14.6 Å². The molecule has 1 saturated heterocycles. The van der Waals surface area contributed by atoms with Gasteiger partial charge < -0.3 is 0 Å². The Morgan fingerprint density at radius 1 is 0.500 bits per heavy atom. The number of halogens is 3. The Hall–Kier alpha value is -3.06.